The third-order valence-corrected chi connectivity index (χ3v) is 4.17. The van der Waals surface area contributed by atoms with Crippen molar-refractivity contribution in [2.24, 2.45) is 0 Å². The first kappa shape index (κ1) is 14.6. The van der Waals surface area contributed by atoms with Gasteiger partial charge in [0, 0.05) is 38.7 Å². The van der Waals surface area contributed by atoms with Crippen molar-refractivity contribution >= 4 is 11.6 Å². The standard InChI is InChI=1S/C16H26N4O/c1-3-17-14-10-15(19-16(18-14)12-7-8-12)20(2)11-13-6-4-5-9-21-13/h10,12-13H,3-9,11H2,1-2H3,(H,17,18,19). The number of anilines is 2. The molecule has 1 aromatic heterocycles. The molecule has 21 heavy (non-hydrogen) atoms. The Kier molecular flexibility index (Phi) is 4.58. The summed E-state index contributed by atoms with van der Waals surface area (Å²) in [7, 11) is 2.10. The molecular formula is C16H26N4O. The molecule has 1 aromatic rings. The Hall–Kier alpha value is -1.36. The van der Waals surface area contributed by atoms with Gasteiger partial charge >= 0.3 is 0 Å². The molecule has 0 bridgehead atoms. The molecule has 5 nitrogen and oxygen atoms in total. The van der Waals surface area contributed by atoms with Crippen LogP contribution in [-0.2, 0) is 4.74 Å². The monoisotopic (exact) mass is 290 g/mol. The third kappa shape index (κ3) is 3.84. The Labute approximate surface area is 127 Å². The summed E-state index contributed by atoms with van der Waals surface area (Å²) in [6.07, 6.45) is 6.42. The molecule has 1 saturated carbocycles. The highest BCUT2D eigenvalue weighted by Gasteiger charge is 2.28. The predicted molar refractivity (Wildman–Crippen MR) is 85.0 cm³/mol. The molecule has 2 fully saturated rings. The number of aromatic nitrogens is 2. The molecule has 1 N–H and O–H groups in total. The van der Waals surface area contributed by atoms with Crippen molar-refractivity contribution in [2.45, 2.75) is 51.0 Å². The quantitative estimate of drug-likeness (QED) is 0.873. The Bertz CT molecular complexity index is 469. The van der Waals surface area contributed by atoms with Gasteiger partial charge in [0.2, 0.25) is 0 Å². The van der Waals surface area contributed by atoms with E-state index in [2.05, 4.69) is 35.2 Å². The topological polar surface area (TPSA) is 50.3 Å². The maximum atomic E-state index is 5.84. The fourth-order valence-corrected chi connectivity index (χ4v) is 2.79. The van der Waals surface area contributed by atoms with Crippen LogP contribution < -0.4 is 10.2 Å². The van der Waals surface area contributed by atoms with E-state index < -0.39 is 0 Å². The fourth-order valence-electron chi connectivity index (χ4n) is 2.79. The molecule has 2 aliphatic rings. The van der Waals surface area contributed by atoms with E-state index in [1.807, 2.05) is 0 Å². The maximum absolute atomic E-state index is 5.84. The fraction of sp³-hybridized carbons (Fsp3) is 0.750. The van der Waals surface area contributed by atoms with Gasteiger partial charge in [-0.1, -0.05) is 0 Å². The maximum Gasteiger partial charge on any atom is 0.136 e. The molecule has 1 atom stereocenters. The van der Waals surface area contributed by atoms with Crippen LogP contribution in [0.25, 0.3) is 0 Å². The van der Waals surface area contributed by atoms with Crippen molar-refractivity contribution in [3.63, 3.8) is 0 Å². The van der Waals surface area contributed by atoms with Gasteiger partial charge in [-0.15, -0.1) is 0 Å². The Morgan fingerprint density at radius 2 is 2.14 bits per heavy atom. The summed E-state index contributed by atoms with van der Waals surface area (Å²) in [4.78, 5) is 11.6. The molecule has 0 spiro atoms. The minimum Gasteiger partial charge on any atom is -0.376 e. The Morgan fingerprint density at radius 3 is 2.81 bits per heavy atom. The van der Waals surface area contributed by atoms with Gasteiger partial charge in [0.25, 0.3) is 0 Å². The number of likely N-dealkylation sites (N-methyl/N-ethyl adjacent to an activating group) is 1. The van der Waals surface area contributed by atoms with Gasteiger partial charge in [-0.05, 0) is 39.0 Å². The first-order valence-corrected chi connectivity index (χ1v) is 8.22. The Balaban J connectivity index is 1.72. The molecule has 1 aliphatic heterocycles. The van der Waals surface area contributed by atoms with E-state index in [9.17, 15) is 0 Å². The van der Waals surface area contributed by atoms with Gasteiger partial charge in [0.15, 0.2) is 0 Å². The smallest absolute Gasteiger partial charge is 0.136 e. The molecule has 3 rings (SSSR count). The molecule has 1 aliphatic carbocycles. The molecule has 1 unspecified atom stereocenters. The second kappa shape index (κ2) is 6.60. The highest BCUT2D eigenvalue weighted by Crippen LogP contribution is 2.39. The molecule has 1 saturated heterocycles. The highest BCUT2D eigenvalue weighted by atomic mass is 16.5. The number of hydrogen-bond donors (Lipinski definition) is 1. The van der Waals surface area contributed by atoms with Gasteiger partial charge in [0.05, 0.1) is 6.10 Å². The van der Waals surface area contributed by atoms with Gasteiger partial charge in [-0.2, -0.15) is 0 Å². The van der Waals surface area contributed by atoms with Crippen LogP contribution in [0, 0.1) is 0 Å². The van der Waals surface area contributed by atoms with Gasteiger partial charge < -0.3 is 15.0 Å². The lowest BCUT2D eigenvalue weighted by molar-refractivity contribution is 0.0215. The molecule has 2 heterocycles. The van der Waals surface area contributed by atoms with E-state index in [1.54, 1.807) is 0 Å². The lowest BCUT2D eigenvalue weighted by atomic mass is 10.1. The summed E-state index contributed by atoms with van der Waals surface area (Å²) in [5.74, 6) is 3.53. The summed E-state index contributed by atoms with van der Waals surface area (Å²) in [6, 6.07) is 2.05. The SMILES string of the molecule is CCNc1cc(N(C)CC2CCCCO2)nc(C2CC2)n1. The Morgan fingerprint density at radius 1 is 1.29 bits per heavy atom. The average Bonchev–Trinajstić information content (AvgIpc) is 3.33. The van der Waals surface area contributed by atoms with Gasteiger partial charge in [-0.3, -0.25) is 0 Å². The summed E-state index contributed by atoms with van der Waals surface area (Å²) in [5, 5.41) is 3.32. The normalized spacial score (nSPS) is 22.1. The van der Waals surface area contributed by atoms with Crippen LogP contribution >= 0.6 is 0 Å². The minimum atomic E-state index is 0.339. The van der Waals surface area contributed by atoms with E-state index in [0.29, 0.717) is 12.0 Å². The van der Waals surface area contributed by atoms with Crippen LogP contribution in [0.5, 0.6) is 0 Å². The first-order chi connectivity index (χ1) is 10.3. The minimum absolute atomic E-state index is 0.339. The molecule has 0 aromatic carbocycles. The lowest BCUT2D eigenvalue weighted by Gasteiger charge is -2.28. The largest absolute Gasteiger partial charge is 0.376 e. The number of rotatable bonds is 6. The molecule has 116 valence electrons. The molecule has 0 amide bonds. The van der Waals surface area contributed by atoms with Crippen molar-refractivity contribution in [3.8, 4) is 0 Å². The van der Waals surface area contributed by atoms with Crippen molar-refractivity contribution in [2.75, 3.05) is 37.0 Å². The molecular weight excluding hydrogens is 264 g/mol. The zero-order valence-corrected chi connectivity index (χ0v) is 13.1. The van der Waals surface area contributed by atoms with E-state index in [0.717, 1.165) is 43.6 Å². The summed E-state index contributed by atoms with van der Waals surface area (Å²) >= 11 is 0. The van der Waals surface area contributed by atoms with Gasteiger partial charge in [-0.25, -0.2) is 9.97 Å². The lowest BCUT2D eigenvalue weighted by Crippen LogP contribution is -2.34. The van der Waals surface area contributed by atoms with Crippen LogP contribution in [0.4, 0.5) is 11.6 Å². The zero-order valence-electron chi connectivity index (χ0n) is 13.1. The molecule has 5 heteroatoms. The van der Waals surface area contributed by atoms with E-state index in [4.69, 9.17) is 9.72 Å². The van der Waals surface area contributed by atoms with Crippen molar-refractivity contribution in [3.05, 3.63) is 11.9 Å². The van der Waals surface area contributed by atoms with Crippen LogP contribution in [-0.4, -0.2) is 42.8 Å². The second-order valence-corrected chi connectivity index (χ2v) is 6.14. The summed E-state index contributed by atoms with van der Waals surface area (Å²) < 4.78 is 5.84. The number of hydrogen-bond acceptors (Lipinski definition) is 5. The van der Waals surface area contributed by atoms with E-state index in [-0.39, 0.29) is 0 Å². The van der Waals surface area contributed by atoms with Gasteiger partial charge in [0.1, 0.15) is 17.5 Å². The summed E-state index contributed by atoms with van der Waals surface area (Å²) in [6.45, 7) is 4.79. The van der Waals surface area contributed by atoms with E-state index >= 15 is 0 Å². The van der Waals surface area contributed by atoms with Crippen LogP contribution in [0.15, 0.2) is 6.07 Å². The van der Waals surface area contributed by atoms with Crippen LogP contribution in [0.3, 0.4) is 0 Å². The first-order valence-electron chi connectivity index (χ1n) is 8.22. The highest BCUT2D eigenvalue weighted by molar-refractivity contribution is 5.49. The van der Waals surface area contributed by atoms with Crippen molar-refractivity contribution < 1.29 is 4.74 Å². The van der Waals surface area contributed by atoms with Crippen molar-refractivity contribution in [1.82, 2.24) is 9.97 Å². The van der Waals surface area contributed by atoms with Crippen molar-refractivity contribution in [1.29, 1.82) is 0 Å². The molecule has 0 radical (unpaired) electrons. The average molecular weight is 290 g/mol. The zero-order chi connectivity index (χ0) is 14.7. The van der Waals surface area contributed by atoms with Crippen LogP contribution in [0.2, 0.25) is 0 Å². The predicted octanol–water partition coefficient (Wildman–Crippen LogP) is 2.79. The number of nitrogens with one attached hydrogen (secondary N) is 1. The van der Waals surface area contributed by atoms with E-state index in [1.165, 1.54) is 25.7 Å². The summed E-state index contributed by atoms with van der Waals surface area (Å²) in [5.41, 5.74) is 0. The number of ether oxygens (including phenoxy) is 1. The third-order valence-electron chi connectivity index (χ3n) is 4.17. The number of nitrogens with zero attached hydrogens (tertiary/aromatic N) is 3. The second-order valence-electron chi connectivity index (χ2n) is 6.14. The van der Waals surface area contributed by atoms with Crippen LogP contribution in [0.1, 0.15) is 50.8 Å².